The molecule has 0 aromatic heterocycles. The molecule has 2 unspecified atom stereocenters. The highest BCUT2D eigenvalue weighted by molar-refractivity contribution is 5.40. The van der Waals surface area contributed by atoms with Gasteiger partial charge in [0, 0.05) is 12.5 Å². The minimum Gasteiger partial charge on any atom is -0.490 e. The zero-order valence-corrected chi connectivity index (χ0v) is 11.8. The van der Waals surface area contributed by atoms with Gasteiger partial charge in [-0.1, -0.05) is 31.5 Å². The van der Waals surface area contributed by atoms with Crippen LogP contribution in [-0.4, -0.2) is 12.1 Å². The van der Waals surface area contributed by atoms with E-state index in [-0.39, 0.29) is 0 Å². The fourth-order valence-corrected chi connectivity index (χ4v) is 2.52. The minimum atomic E-state index is 0.330. The molecule has 0 radical (unpaired) electrons. The highest BCUT2D eigenvalue weighted by atomic mass is 16.5. The number of hydrogen-bond donors (Lipinski definition) is 1. The smallest absolute Gasteiger partial charge is 0.123 e. The molecular formula is C16H25NO. The number of ether oxygens (including phenoxy) is 1. The van der Waals surface area contributed by atoms with Crippen LogP contribution in [0.1, 0.15) is 44.2 Å². The van der Waals surface area contributed by atoms with Crippen molar-refractivity contribution in [2.45, 2.75) is 58.6 Å². The predicted molar refractivity (Wildman–Crippen MR) is 76.0 cm³/mol. The molecule has 0 spiro atoms. The summed E-state index contributed by atoms with van der Waals surface area (Å²) in [6.07, 6.45) is 4.81. The lowest BCUT2D eigenvalue weighted by molar-refractivity contribution is 0.214. The van der Waals surface area contributed by atoms with Crippen LogP contribution in [0.3, 0.4) is 0 Å². The van der Waals surface area contributed by atoms with E-state index in [1.54, 1.807) is 0 Å². The molecule has 0 bridgehead atoms. The molecule has 0 amide bonds. The summed E-state index contributed by atoms with van der Waals surface area (Å²) in [6.45, 7) is 6.51. The van der Waals surface area contributed by atoms with Crippen LogP contribution in [0.15, 0.2) is 18.2 Å². The maximum atomic E-state index is 6.06. The molecule has 2 nitrogen and oxygen atoms in total. The van der Waals surface area contributed by atoms with Gasteiger partial charge in [0.05, 0.1) is 0 Å². The fourth-order valence-electron chi connectivity index (χ4n) is 2.52. The SMILES string of the molecule is Cc1ccc2c(c1)CC(CCCC(N)C(C)C)O2. The van der Waals surface area contributed by atoms with Gasteiger partial charge in [0.15, 0.2) is 0 Å². The van der Waals surface area contributed by atoms with Crippen LogP contribution < -0.4 is 10.5 Å². The van der Waals surface area contributed by atoms with Crippen molar-refractivity contribution in [3.8, 4) is 5.75 Å². The number of hydrogen-bond acceptors (Lipinski definition) is 2. The Bertz CT molecular complexity index is 400. The third kappa shape index (κ3) is 3.26. The maximum absolute atomic E-state index is 6.06. The van der Waals surface area contributed by atoms with E-state index >= 15 is 0 Å². The Labute approximate surface area is 111 Å². The second kappa shape index (κ2) is 5.75. The van der Waals surface area contributed by atoms with Crippen LogP contribution in [0.5, 0.6) is 5.75 Å². The molecule has 1 aromatic carbocycles. The average molecular weight is 247 g/mol. The van der Waals surface area contributed by atoms with E-state index in [4.69, 9.17) is 10.5 Å². The first-order chi connectivity index (χ1) is 8.56. The number of fused-ring (bicyclic) bond motifs is 1. The zero-order chi connectivity index (χ0) is 13.1. The van der Waals surface area contributed by atoms with Gasteiger partial charge in [-0.2, -0.15) is 0 Å². The summed E-state index contributed by atoms with van der Waals surface area (Å²) in [4.78, 5) is 0. The first-order valence-corrected chi connectivity index (χ1v) is 7.08. The number of benzene rings is 1. The van der Waals surface area contributed by atoms with Gasteiger partial charge < -0.3 is 10.5 Å². The quantitative estimate of drug-likeness (QED) is 0.865. The Balaban J connectivity index is 1.78. The third-order valence-electron chi connectivity index (χ3n) is 3.88. The van der Waals surface area contributed by atoms with E-state index in [1.165, 1.54) is 11.1 Å². The first kappa shape index (κ1) is 13.4. The Kier molecular flexibility index (Phi) is 4.28. The van der Waals surface area contributed by atoms with Gasteiger partial charge >= 0.3 is 0 Å². The van der Waals surface area contributed by atoms with Gasteiger partial charge in [-0.05, 0) is 43.7 Å². The Morgan fingerprint density at radius 1 is 1.39 bits per heavy atom. The molecule has 0 aliphatic carbocycles. The summed E-state index contributed by atoms with van der Waals surface area (Å²) in [6, 6.07) is 6.80. The van der Waals surface area contributed by atoms with Gasteiger partial charge in [-0.15, -0.1) is 0 Å². The average Bonchev–Trinajstić information content (AvgIpc) is 2.70. The largest absolute Gasteiger partial charge is 0.490 e. The normalized spacial score (nSPS) is 19.7. The molecule has 0 saturated heterocycles. The lowest BCUT2D eigenvalue weighted by atomic mass is 9.97. The van der Waals surface area contributed by atoms with Crippen LogP contribution in [0, 0.1) is 12.8 Å². The lowest BCUT2D eigenvalue weighted by Crippen LogP contribution is -2.26. The van der Waals surface area contributed by atoms with Gasteiger partial charge in [0.1, 0.15) is 11.9 Å². The maximum Gasteiger partial charge on any atom is 0.123 e. The first-order valence-electron chi connectivity index (χ1n) is 7.08. The van der Waals surface area contributed by atoms with Crippen LogP contribution in [0.25, 0.3) is 0 Å². The third-order valence-corrected chi connectivity index (χ3v) is 3.88. The Morgan fingerprint density at radius 2 is 2.17 bits per heavy atom. The van der Waals surface area contributed by atoms with E-state index in [1.807, 2.05) is 0 Å². The number of aryl methyl sites for hydroxylation is 1. The van der Waals surface area contributed by atoms with Gasteiger partial charge in [-0.3, -0.25) is 0 Å². The zero-order valence-electron chi connectivity index (χ0n) is 11.8. The molecule has 1 heterocycles. The summed E-state index contributed by atoms with van der Waals surface area (Å²) < 4.78 is 5.96. The van der Waals surface area contributed by atoms with Crippen molar-refractivity contribution in [1.29, 1.82) is 0 Å². The predicted octanol–water partition coefficient (Wildman–Crippen LogP) is 3.45. The van der Waals surface area contributed by atoms with Crippen molar-refractivity contribution in [1.82, 2.24) is 0 Å². The van der Waals surface area contributed by atoms with Crippen LogP contribution >= 0.6 is 0 Å². The van der Waals surface area contributed by atoms with Crippen molar-refractivity contribution in [2.24, 2.45) is 11.7 Å². The van der Waals surface area contributed by atoms with Gasteiger partial charge in [-0.25, -0.2) is 0 Å². The van der Waals surface area contributed by atoms with Crippen LogP contribution in [0.2, 0.25) is 0 Å². The highest BCUT2D eigenvalue weighted by Gasteiger charge is 2.22. The molecule has 2 atom stereocenters. The molecule has 0 saturated carbocycles. The molecule has 0 fully saturated rings. The molecule has 2 N–H and O–H groups in total. The molecule has 18 heavy (non-hydrogen) atoms. The topological polar surface area (TPSA) is 35.2 Å². The van der Waals surface area contributed by atoms with Crippen LogP contribution in [-0.2, 0) is 6.42 Å². The highest BCUT2D eigenvalue weighted by Crippen LogP contribution is 2.31. The summed E-state index contributed by atoms with van der Waals surface area (Å²) in [5.74, 6) is 1.66. The van der Waals surface area contributed by atoms with Crippen molar-refractivity contribution in [2.75, 3.05) is 0 Å². The summed E-state index contributed by atoms with van der Waals surface area (Å²) >= 11 is 0. The van der Waals surface area contributed by atoms with E-state index in [0.717, 1.165) is 31.4 Å². The second-order valence-electron chi connectivity index (χ2n) is 5.89. The molecule has 1 aromatic rings. The standard InChI is InChI=1S/C16H25NO/c1-11(2)15(17)6-4-5-14-10-13-9-12(3)7-8-16(13)18-14/h7-9,11,14-15H,4-6,10,17H2,1-3H3. The summed E-state index contributed by atoms with van der Waals surface area (Å²) in [5, 5.41) is 0. The Morgan fingerprint density at radius 3 is 2.89 bits per heavy atom. The Hall–Kier alpha value is -1.02. The van der Waals surface area contributed by atoms with Crippen molar-refractivity contribution in [3.63, 3.8) is 0 Å². The van der Waals surface area contributed by atoms with Crippen molar-refractivity contribution >= 4 is 0 Å². The second-order valence-corrected chi connectivity index (χ2v) is 5.89. The monoisotopic (exact) mass is 247 g/mol. The molecular weight excluding hydrogens is 222 g/mol. The molecule has 2 heteroatoms. The van der Waals surface area contributed by atoms with E-state index in [2.05, 4.69) is 39.0 Å². The van der Waals surface area contributed by atoms with Crippen molar-refractivity contribution in [3.05, 3.63) is 29.3 Å². The van der Waals surface area contributed by atoms with Crippen molar-refractivity contribution < 1.29 is 4.74 Å². The molecule has 1 aliphatic heterocycles. The molecule has 1 aliphatic rings. The van der Waals surface area contributed by atoms with Gasteiger partial charge in [0.2, 0.25) is 0 Å². The van der Waals surface area contributed by atoms with E-state index in [9.17, 15) is 0 Å². The van der Waals surface area contributed by atoms with Crippen LogP contribution in [0.4, 0.5) is 0 Å². The van der Waals surface area contributed by atoms with E-state index < -0.39 is 0 Å². The van der Waals surface area contributed by atoms with E-state index in [0.29, 0.717) is 18.1 Å². The van der Waals surface area contributed by atoms with Gasteiger partial charge in [0.25, 0.3) is 0 Å². The molecule has 100 valence electrons. The molecule has 2 rings (SSSR count). The number of rotatable bonds is 5. The summed E-state index contributed by atoms with van der Waals surface area (Å²) in [5.41, 5.74) is 8.75. The lowest BCUT2D eigenvalue weighted by Gasteiger charge is -2.16. The fraction of sp³-hybridized carbons (Fsp3) is 0.625. The number of nitrogens with two attached hydrogens (primary N) is 1. The summed E-state index contributed by atoms with van der Waals surface area (Å²) in [7, 11) is 0. The minimum absolute atomic E-state index is 0.330.